The van der Waals surface area contributed by atoms with Gasteiger partial charge < -0.3 is 15.8 Å². The summed E-state index contributed by atoms with van der Waals surface area (Å²) in [6, 6.07) is 9.68. The van der Waals surface area contributed by atoms with Gasteiger partial charge >= 0.3 is 0 Å². The molecule has 1 atom stereocenters. The Morgan fingerprint density at radius 1 is 1.26 bits per heavy atom. The van der Waals surface area contributed by atoms with Crippen molar-refractivity contribution >= 4 is 5.82 Å². The fourth-order valence-electron chi connectivity index (χ4n) is 1.78. The molecule has 1 unspecified atom stereocenters. The fourth-order valence-corrected chi connectivity index (χ4v) is 1.78. The Morgan fingerprint density at radius 2 is 2.00 bits per heavy atom. The maximum absolute atomic E-state index is 5.90. The van der Waals surface area contributed by atoms with E-state index in [2.05, 4.69) is 15.5 Å². The quantitative estimate of drug-likeness (QED) is 0.859. The summed E-state index contributed by atoms with van der Waals surface area (Å²) in [4.78, 5) is 0. The van der Waals surface area contributed by atoms with Gasteiger partial charge in [-0.15, -0.1) is 5.10 Å². The van der Waals surface area contributed by atoms with Gasteiger partial charge in [0.15, 0.2) is 5.82 Å². The number of rotatable bonds is 5. The van der Waals surface area contributed by atoms with Crippen LogP contribution in [0.3, 0.4) is 0 Å². The first-order valence-electron chi connectivity index (χ1n) is 6.14. The average Bonchev–Trinajstić information content (AvgIpc) is 2.46. The van der Waals surface area contributed by atoms with Gasteiger partial charge in [-0.25, -0.2) is 0 Å². The number of benzene rings is 1. The monoisotopic (exact) mass is 258 g/mol. The zero-order valence-electron chi connectivity index (χ0n) is 11.1. The van der Waals surface area contributed by atoms with E-state index in [-0.39, 0.29) is 6.04 Å². The molecule has 0 fully saturated rings. The number of methoxy groups -OCH3 is 1. The third kappa shape index (κ3) is 3.42. The van der Waals surface area contributed by atoms with Crippen molar-refractivity contribution in [2.45, 2.75) is 19.5 Å². The second-order valence-corrected chi connectivity index (χ2v) is 4.33. The van der Waals surface area contributed by atoms with Crippen LogP contribution in [0.25, 0.3) is 0 Å². The summed E-state index contributed by atoms with van der Waals surface area (Å²) in [6.07, 6.45) is 1.65. The van der Waals surface area contributed by atoms with E-state index in [9.17, 15) is 0 Å². The molecule has 0 aliphatic rings. The number of hydrogen-bond acceptors (Lipinski definition) is 5. The van der Waals surface area contributed by atoms with E-state index in [0.29, 0.717) is 6.54 Å². The van der Waals surface area contributed by atoms with Crippen LogP contribution in [-0.4, -0.2) is 17.3 Å². The first-order chi connectivity index (χ1) is 9.20. The molecule has 0 radical (unpaired) electrons. The molecule has 3 N–H and O–H groups in total. The highest BCUT2D eigenvalue weighted by Gasteiger charge is 2.07. The number of hydrogen-bond donors (Lipinski definition) is 2. The highest BCUT2D eigenvalue weighted by atomic mass is 16.5. The van der Waals surface area contributed by atoms with Gasteiger partial charge in [-0.3, -0.25) is 0 Å². The Bertz CT molecular complexity index is 525. The van der Waals surface area contributed by atoms with Crippen molar-refractivity contribution in [1.29, 1.82) is 0 Å². The van der Waals surface area contributed by atoms with Gasteiger partial charge in [-0.2, -0.15) is 5.10 Å². The molecule has 0 bridgehead atoms. The van der Waals surface area contributed by atoms with Crippen LogP contribution >= 0.6 is 0 Å². The molecule has 2 rings (SSSR count). The predicted octanol–water partition coefficient (Wildman–Crippen LogP) is 2.12. The average molecular weight is 258 g/mol. The molecule has 5 heteroatoms. The van der Waals surface area contributed by atoms with Gasteiger partial charge in [-0.1, -0.05) is 12.1 Å². The lowest BCUT2D eigenvalue weighted by Gasteiger charge is -2.12. The van der Waals surface area contributed by atoms with Crippen LogP contribution in [0.2, 0.25) is 0 Å². The molecule has 1 aromatic heterocycles. The maximum atomic E-state index is 5.90. The van der Waals surface area contributed by atoms with Gasteiger partial charge in [-0.05, 0) is 30.7 Å². The van der Waals surface area contributed by atoms with Gasteiger partial charge in [0.25, 0.3) is 0 Å². The molecule has 0 saturated carbocycles. The standard InChI is InChI=1S/C14H18N4O/c1-10(15)13-7-8-17-18-14(13)16-9-11-3-5-12(19-2)6-4-11/h3-8,10H,9,15H2,1-2H3,(H,16,18). The number of nitrogens with zero attached hydrogens (tertiary/aromatic N) is 2. The van der Waals surface area contributed by atoms with Crippen molar-refractivity contribution in [2.75, 3.05) is 12.4 Å². The molecular formula is C14H18N4O. The molecule has 1 aromatic carbocycles. The Kier molecular flexibility index (Phi) is 4.30. The molecule has 0 aliphatic heterocycles. The molecule has 1 heterocycles. The first kappa shape index (κ1) is 13.3. The lowest BCUT2D eigenvalue weighted by molar-refractivity contribution is 0.414. The van der Waals surface area contributed by atoms with E-state index >= 15 is 0 Å². The minimum Gasteiger partial charge on any atom is -0.497 e. The van der Waals surface area contributed by atoms with Gasteiger partial charge in [0.05, 0.1) is 13.3 Å². The molecular weight excluding hydrogens is 240 g/mol. The SMILES string of the molecule is COc1ccc(CNc2nnccc2C(C)N)cc1. The second-order valence-electron chi connectivity index (χ2n) is 4.33. The van der Waals surface area contributed by atoms with Gasteiger partial charge in [0, 0.05) is 18.2 Å². The third-order valence-corrected chi connectivity index (χ3v) is 2.86. The summed E-state index contributed by atoms with van der Waals surface area (Å²) in [5.41, 5.74) is 8.00. The van der Waals surface area contributed by atoms with E-state index in [1.165, 1.54) is 0 Å². The van der Waals surface area contributed by atoms with Crippen LogP contribution in [-0.2, 0) is 6.54 Å². The number of ether oxygens (including phenoxy) is 1. The minimum atomic E-state index is -0.0751. The van der Waals surface area contributed by atoms with Crippen LogP contribution in [0.4, 0.5) is 5.82 Å². The van der Waals surface area contributed by atoms with Crippen molar-refractivity contribution in [3.05, 3.63) is 47.7 Å². The maximum Gasteiger partial charge on any atom is 0.153 e. The van der Waals surface area contributed by atoms with Crippen molar-refractivity contribution in [1.82, 2.24) is 10.2 Å². The summed E-state index contributed by atoms with van der Waals surface area (Å²) in [5.74, 6) is 1.58. The van der Waals surface area contributed by atoms with E-state index in [1.54, 1.807) is 13.3 Å². The van der Waals surface area contributed by atoms with Crippen LogP contribution in [0, 0.1) is 0 Å². The molecule has 0 saturated heterocycles. The van der Waals surface area contributed by atoms with E-state index in [1.807, 2.05) is 37.3 Å². The molecule has 2 aromatic rings. The molecule has 5 nitrogen and oxygen atoms in total. The van der Waals surface area contributed by atoms with Crippen molar-refractivity contribution < 1.29 is 4.74 Å². The van der Waals surface area contributed by atoms with Crippen molar-refractivity contribution in [3.8, 4) is 5.75 Å². The largest absolute Gasteiger partial charge is 0.497 e. The van der Waals surface area contributed by atoms with E-state index < -0.39 is 0 Å². The van der Waals surface area contributed by atoms with E-state index in [4.69, 9.17) is 10.5 Å². The lowest BCUT2D eigenvalue weighted by Crippen LogP contribution is -2.12. The number of nitrogens with one attached hydrogen (secondary N) is 1. The number of aromatic nitrogens is 2. The molecule has 0 spiro atoms. The van der Waals surface area contributed by atoms with Crippen LogP contribution in [0.15, 0.2) is 36.5 Å². The Balaban J connectivity index is 2.05. The molecule has 0 amide bonds. The summed E-state index contributed by atoms with van der Waals surface area (Å²) < 4.78 is 5.12. The van der Waals surface area contributed by atoms with Crippen LogP contribution in [0.5, 0.6) is 5.75 Å². The first-order valence-corrected chi connectivity index (χ1v) is 6.14. The van der Waals surface area contributed by atoms with E-state index in [0.717, 1.165) is 22.7 Å². The van der Waals surface area contributed by atoms with Gasteiger partial charge in [0.2, 0.25) is 0 Å². The summed E-state index contributed by atoms with van der Waals surface area (Å²) in [6.45, 7) is 2.60. The Labute approximate surface area is 112 Å². The topological polar surface area (TPSA) is 73.1 Å². The van der Waals surface area contributed by atoms with Gasteiger partial charge in [0.1, 0.15) is 5.75 Å². The molecule has 19 heavy (non-hydrogen) atoms. The molecule has 100 valence electrons. The lowest BCUT2D eigenvalue weighted by atomic mass is 10.1. The summed E-state index contributed by atoms with van der Waals surface area (Å²) in [5, 5.41) is 11.2. The second kappa shape index (κ2) is 6.15. The Hall–Kier alpha value is -2.14. The highest BCUT2D eigenvalue weighted by molar-refractivity contribution is 5.44. The summed E-state index contributed by atoms with van der Waals surface area (Å²) >= 11 is 0. The summed E-state index contributed by atoms with van der Waals surface area (Å²) in [7, 11) is 1.65. The third-order valence-electron chi connectivity index (χ3n) is 2.86. The van der Waals surface area contributed by atoms with Crippen LogP contribution in [0.1, 0.15) is 24.1 Å². The van der Waals surface area contributed by atoms with Crippen LogP contribution < -0.4 is 15.8 Å². The minimum absolute atomic E-state index is 0.0751. The van der Waals surface area contributed by atoms with Crippen molar-refractivity contribution in [3.63, 3.8) is 0 Å². The normalized spacial score (nSPS) is 11.9. The predicted molar refractivity (Wildman–Crippen MR) is 75.0 cm³/mol. The zero-order chi connectivity index (χ0) is 13.7. The number of nitrogens with two attached hydrogens (primary N) is 1. The zero-order valence-corrected chi connectivity index (χ0v) is 11.1. The van der Waals surface area contributed by atoms with Crippen molar-refractivity contribution in [2.24, 2.45) is 5.73 Å². The fraction of sp³-hybridized carbons (Fsp3) is 0.286. The molecule has 0 aliphatic carbocycles. The highest BCUT2D eigenvalue weighted by Crippen LogP contribution is 2.18. The smallest absolute Gasteiger partial charge is 0.153 e. The Morgan fingerprint density at radius 3 is 2.63 bits per heavy atom. The number of anilines is 1.